The average molecular weight is 350 g/mol. The van der Waals surface area contributed by atoms with Crippen molar-refractivity contribution in [3.05, 3.63) is 36.3 Å². The molecule has 0 unspecified atom stereocenters. The number of carbonyl (C=O) groups excluding carboxylic acids is 1. The molecule has 26 heavy (non-hydrogen) atoms. The minimum Gasteiger partial charge on any atom is -0.335 e. The molecule has 0 aromatic carbocycles. The zero-order chi connectivity index (χ0) is 18.1. The first kappa shape index (κ1) is 16.5. The summed E-state index contributed by atoms with van der Waals surface area (Å²) in [5, 5.41) is 14.1. The van der Waals surface area contributed by atoms with E-state index in [-0.39, 0.29) is 12.1 Å². The van der Waals surface area contributed by atoms with Gasteiger partial charge in [0, 0.05) is 41.1 Å². The highest BCUT2D eigenvalue weighted by Gasteiger charge is 2.25. The first-order chi connectivity index (χ1) is 12.6. The van der Waals surface area contributed by atoms with Crippen LogP contribution in [-0.2, 0) is 0 Å². The van der Waals surface area contributed by atoms with Crippen molar-refractivity contribution in [2.24, 2.45) is 5.92 Å². The van der Waals surface area contributed by atoms with Gasteiger partial charge in [-0.3, -0.25) is 15.4 Å². The molecule has 3 aromatic rings. The Hall–Kier alpha value is -2.96. The Morgan fingerprint density at radius 1 is 1.31 bits per heavy atom. The van der Waals surface area contributed by atoms with Crippen LogP contribution >= 0.6 is 0 Å². The van der Waals surface area contributed by atoms with Crippen LogP contribution in [0.25, 0.3) is 22.2 Å². The number of aromatic amines is 1. The highest BCUT2D eigenvalue weighted by molar-refractivity contribution is 5.95. The molecule has 0 radical (unpaired) electrons. The Morgan fingerprint density at radius 2 is 2.15 bits per heavy atom. The summed E-state index contributed by atoms with van der Waals surface area (Å²) in [6.07, 6.45) is 7.14. The van der Waals surface area contributed by atoms with Crippen LogP contribution in [0.3, 0.4) is 0 Å². The second-order valence-corrected chi connectivity index (χ2v) is 6.95. The first-order valence-electron chi connectivity index (χ1n) is 8.95. The maximum absolute atomic E-state index is 12.2. The number of fused-ring (bicyclic) bond motifs is 1. The van der Waals surface area contributed by atoms with E-state index in [1.165, 1.54) is 19.3 Å². The number of aromatic nitrogens is 4. The fourth-order valence-electron chi connectivity index (χ4n) is 3.31. The number of pyridine rings is 2. The summed E-state index contributed by atoms with van der Waals surface area (Å²) >= 11 is 0. The van der Waals surface area contributed by atoms with E-state index in [0.717, 1.165) is 27.9 Å². The number of rotatable bonds is 4. The van der Waals surface area contributed by atoms with Gasteiger partial charge in [0.15, 0.2) is 0 Å². The lowest BCUT2D eigenvalue weighted by molar-refractivity contribution is 0.222. The van der Waals surface area contributed by atoms with Gasteiger partial charge in [-0.1, -0.05) is 6.42 Å². The largest absolute Gasteiger partial charge is 0.335 e. The van der Waals surface area contributed by atoms with Gasteiger partial charge >= 0.3 is 6.03 Å². The molecule has 1 saturated carbocycles. The molecule has 0 bridgehead atoms. The molecule has 2 amide bonds. The van der Waals surface area contributed by atoms with Crippen molar-refractivity contribution in [3.8, 4) is 11.3 Å². The van der Waals surface area contributed by atoms with Crippen molar-refractivity contribution >= 4 is 22.8 Å². The van der Waals surface area contributed by atoms with Crippen LogP contribution in [0.1, 0.15) is 31.9 Å². The summed E-state index contributed by atoms with van der Waals surface area (Å²) in [6.45, 7) is 4.00. The first-order valence-corrected chi connectivity index (χ1v) is 8.95. The fourth-order valence-corrected chi connectivity index (χ4v) is 3.31. The number of amides is 2. The van der Waals surface area contributed by atoms with Crippen molar-refractivity contribution in [3.63, 3.8) is 0 Å². The summed E-state index contributed by atoms with van der Waals surface area (Å²) in [4.78, 5) is 20.8. The summed E-state index contributed by atoms with van der Waals surface area (Å²) in [5.74, 6) is 1.09. The molecule has 0 spiro atoms. The van der Waals surface area contributed by atoms with E-state index >= 15 is 0 Å². The minimum absolute atomic E-state index is 0.182. The molecule has 7 heteroatoms. The summed E-state index contributed by atoms with van der Waals surface area (Å²) < 4.78 is 0. The van der Waals surface area contributed by atoms with Crippen LogP contribution < -0.4 is 10.6 Å². The van der Waals surface area contributed by atoms with Gasteiger partial charge in [-0.25, -0.2) is 9.78 Å². The third-order valence-corrected chi connectivity index (χ3v) is 5.07. The Morgan fingerprint density at radius 3 is 2.88 bits per heavy atom. The van der Waals surface area contributed by atoms with Gasteiger partial charge in [0.2, 0.25) is 0 Å². The lowest BCUT2D eigenvalue weighted by Crippen LogP contribution is -2.42. The Labute approximate surface area is 151 Å². The topological polar surface area (TPSA) is 95.6 Å². The molecule has 3 heterocycles. The normalized spacial score (nSPS) is 15.5. The Bertz CT molecular complexity index is 946. The van der Waals surface area contributed by atoms with Gasteiger partial charge in [0.05, 0.1) is 5.52 Å². The van der Waals surface area contributed by atoms with Gasteiger partial charge in [-0.15, -0.1) is 0 Å². The van der Waals surface area contributed by atoms with E-state index < -0.39 is 0 Å². The standard InChI is InChI=1S/C19H22N6O/c1-11-8-14(6-7-20-11)18-15-10-21-17(9-16(15)24-25-18)23-19(26)22-12(2)13-4-3-5-13/h6-10,12-13H,3-5H2,1-2H3,(H,24,25)(H2,21,22,23,26)/t12-/m1/s1. The van der Waals surface area contributed by atoms with E-state index in [4.69, 9.17) is 0 Å². The van der Waals surface area contributed by atoms with Crippen LogP contribution in [-0.4, -0.2) is 32.2 Å². The number of hydrogen-bond acceptors (Lipinski definition) is 4. The van der Waals surface area contributed by atoms with E-state index in [0.29, 0.717) is 11.7 Å². The molecular formula is C19H22N6O. The zero-order valence-electron chi connectivity index (χ0n) is 14.9. The number of carbonyl (C=O) groups is 1. The predicted octanol–water partition coefficient (Wildman–Crippen LogP) is 3.64. The minimum atomic E-state index is -0.222. The summed E-state index contributed by atoms with van der Waals surface area (Å²) in [5.41, 5.74) is 3.57. The molecule has 0 saturated heterocycles. The number of hydrogen-bond donors (Lipinski definition) is 3. The summed E-state index contributed by atoms with van der Waals surface area (Å²) in [7, 11) is 0. The average Bonchev–Trinajstić information content (AvgIpc) is 2.96. The molecule has 0 aliphatic heterocycles. The number of H-pyrrole nitrogens is 1. The Kier molecular flexibility index (Phi) is 4.28. The van der Waals surface area contributed by atoms with Crippen molar-refractivity contribution in [1.29, 1.82) is 0 Å². The molecule has 1 atom stereocenters. The van der Waals surface area contributed by atoms with Gasteiger partial charge < -0.3 is 5.32 Å². The van der Waals surface area contributed by atoms with Crippen LogP contribution in [0, 0.1) is 12.8 Å². The molecular weight excluding hydrogens is 328 g/mol. The second-order valence-electron chi connectivity index (χ2n) is 6.95. The van der Waals surface area contributed by atoms with Gasteiger partial charge in [0.1, 0.15) is 11.5 Å². The molecule has 4 rings (SSSR count). The van der Waals surface area contributed by atoms with E-state index in [1.807, 2.05) is 19.1 Å². The van der Waals surface area contributed by atoms with Gasteiger partial charge in [-0.05, 0) is 44.7 Å². The molecule has 134 valence electrons. The van der Waals surface area contributed by atoms with E-state index in [1.54, 1.807) is 18.5 Å². The summed E-state index contributed by atoms with van der Waals surface area (Å²) in [6, 6.07) is 5.66. The van der Waals surface area contributed by atoms with Crippen molar-refractivity contribution in [2.75, 3.05) is 5.32 Å². The molecule has 1 fully saturated rings. The third kappa shape index (κ3) is 3.24. The number of nitrogens with one attached hydrogen (secondary N) is 3. The number of urea groups is 1. The predicted molar refractivity (Wildman–Crippen MR) is 101 cm³/mol. The quantitative estimate of drug-likeness (QED) is 0.669. The SMILES string of the molecule is Cc1cc(-c2n[nH]c3cc(NC(=O)N[C@H](C)C4CCC4)ncc23)ccn1. The maximum atomic E-state index is 12.2. The van der Waals surface area contributed by atoms with Gasteiger partial charge in [-0.2, -0.15) is 5.10 Å². The van der Waals surface area contributed by atoms with Crippen molar-refractivity contribution in [2.45, 2.75) is 39.2 Å². The highest BCUT2D eigenvalue weighted by Crippen LogP contribution is 2.29. The lowest BCUT2D eigenvalue weighted by atomic mass is 9.80. The second kappa shape index (κ2) is 6.74. The van der Waals surface area contributed by atoms with E-state index in [9.17, 15) is 4.79 Å². The van der Waals surface area contributed by atoms with Crippen molar-refractivity contribution in [1.82, 2.24) is 25.5 Å². The fraction of sp³-hybridized carbons (Fsp3) is 0.368. The molecule has 1 aliphatic rings. The van der Waals surface area contributed by atoms with Crippen LogP contribution in [0.15, 0.2) is 30.6 Å². The van der Waals surface area contributed by atoms with E-state index in [2.05, 4.69) is 37.7 Å². The monoisotopic (exact) mass is 350 g/mol. The molecule has 7 nitrogen and oxygen atoms in total. The molecule has 1 aliphatic carbocycles. The smallest absolute Gasteiger partial charge is 0.320 e. The number of anilines is 1. The van der Waals surface area contributed by atoms with Crippen LogP contribution in [0.5, 0.6) is 0 Å². The van der Waals surface area contributed by atoms with Gasteiger partial charge in [0.25, 0.3) is 0 Å². The number of nitrogens with zero attached hydrogens (tertiary/aromatic N) is 3. The molecule has 3 aromatic heterocycles. The Balaban J connectivity index is 1.50. The highest BCUT2D eigenvalue weighted by atomic mass is 16.2. The number of aryl methyl sites for hydroxylation is 1. The lowest BCUT2D eigenvalue weighted by Gasteiger charge is -2.31. The van der Waals surface area contributed by atoms with Crippen LogP contribution in [0.2, 0.25) is 0 Å². The third-order valence-electron chi connectivity index (χ3n) is 5.07. The molecule has 3 N–H and O–H groups in total. The van der Waals surface area contributed by atoms with Crippen molar-refractivity contribution < 1.29 is 4.79 Å². The maximum Gasteiger partial charge on any atom is 0.320 e. The van der Waals surface area contributed by atoms with Crippen LogP contribution in [0.4, 0.5) is 10.6 Å². The zero-order valence-corrected chi connectivity index (χ0v) is 14.9.